The second-order valence-corrected chi connectivity index (χ2v) is 7.21. The molecule has 8 nitrogen and oxygen atoms in total. The molecule has 2 aromatic heterocycles. The van der Waals surface area contributed by atoms with Gasteiger partial charge >= 0.3 is 0 Å². The lowest BCUT2D eigenvalue weighted by atomic mass is 10.2. The van der Waals surface area contributed by atoms with Crippen molar-refractivity contribution in [1.29, 1.82) is 0 Å². The zero-order chi connectivity index (χ0) is 19.9. The molecule has 0 spiro atoms. The first-order chi connectivity index (χ1) is 13.6. The number of hydrogen-bond donors (Lipinski definition) is 2. The van der Waals surface area contributed by atoms with Crippen LogP contribution in [-0.4, -0.2) is 64.0 Å². The van der Waals surface area contributed by atoms with Crippen LogP contribution >= 0.6 is 35.7 Å². The summed E-state index contributed by atoms with van der Waals surface area (Å²) in [5.74, 6) is 1.64. The van der Waals surface area contributed by atoms with Crippen molar-refractivity contribution < 1.29 is 0 Å². The quantitative estimate of drug-likeness (QED) is 0.161. The van der Waals surface area contributed by atoms with Crippen LogP contribution in [0.25, 0.3) is 11.0 Å². The summed E-state index contributed by atoms with van der Waals surface area (Å²) in [6.07, 6.45) is 5.41. The number of halogens is 1. The van der Waals surface area contributed by atoms with Crippen LogP contribution in [0.4, 0.5) is 5.82 Å². The van der Waals surface area contributed by atoms with E-state index in [9.17, 15) is 0 Å². The van der Waals surface area contributed by atoms with E-state index in [1.165, 1.54) is 10.5 Å². The zero-order valence-electron chi connectivity index (χ0n) is 17.1. The number of aromatic nitrogens is 4. The van der Waals surface area contributed by atoms with Gasteiger partial charge in [-0.25, -0.2) is 9.97 Å². The molecule has 3 rings (SSSR count). The van der Waals surface area contributed by atoms with E-state index < -0.39 is 0 Å². The molecule has 156 valence electrons. The van der Waals surface area contributed by atoms with E-state index in [4.69, 9.17) is 0 Å². The van der Waals surface area contributed by atoms with Gasteiger partial charge in [0.1, 0.15) is 12.1 Å². The smallest absolute Gasteiger partial charge is 0.193 e. The number of aliphatic imine (C=N–C) groups is 1. The van der Waals surface area contributed by atoms with Gasteiger partial charge in [0, 0.05) is 45.7 Å². The van der Waals surface area contributed by atoms with Crippen LogP contribution in [0.5, 0.6) is 0 Å². The van der Waals surface area contributed by atoms with Crippen molar-refractivity contribution >= 4 is 58.5 Å². The molecule has 2 N–H and O–H groups in total. The molecule has 0 fully saturated rings. The number of fused-ring (bicyclic) bond motifs is 1. The van der Waals surface area contributed by atoms with E-state index in [0.29, 0.717) is 13.1 Å². The molecule has 29 heavy (non-hydrogen) atoms. The summed E-state index contributed by atoms with van der Waals surface area (Å²) in [6.45, 7) is 2.22. The van der Waals surface area contributed by atoms with Gasteiger partial charge in [0.25, 0.3) is 0 Å². The standard InChI is InChI=1S/C19H26N8S.HI/c1-20-19(26(2)12-14-5-7-15(28-4)8-6-14)22-10-9-21-17-16-11-25-27(3)18(16)24-13-23-17;/h5-8,11,13H,9-10,12H2,1-4H3,(H,20,22)(H,21,23,24);1H. The van der Waals surface area contributed by atoms with Gasteiger partial charge in [-0.15, -0.1) is 35.7 Å². The molecule has 0 aliphatic carbocycles. The number of hydrogen-bond acceptors (Lipinski definition) is 6. The van der Waals surface area contributed by atoms with Crippen LogP contribution in [0.2, 0.25) is 0 Å². The maximum absolute atomic E-state index is 4.38. The second-order valence-electron chi connectivity index (χ2n) is 6.33. The van der Waals surface area contributed by atoms with Gasteiger partial charge < -0.3 is 15.5 Å². The molecule has 0 aliphatic rings. The first-order valence-electron chi connectivity index (χ1n) is 9.03. The number of aryl methyl sites for hydroxylation is 1. The van der Waals surface area contributed by atoms with Crippen molar-refractivity contribution in [2.45, 2.75) is 11.4 Å². The monoisotopic (exact) mass is 526 g/mol. The molecule has 3 aromatic rings. The third-order valence-electron chi connectivity index (χ3n) is 4.38. The summed E-state index contributed by atoms with van der Waals surface area (Å²) in [5, 5.41) is 11.9. The Balaban J connectivity index is 0.00000300. The largest absolute Gasteiger partial charge is 0.368 e. The van der Waals surface area contributed by atoms with Crippen molar-refractivity contribution in [2.24, 2.45) is 12.0 Å². The average Bonchev–Trinajstić information content (AvgIpc) is 3.10. The van der Waals surface area contributed by atoms with Gasteiger partial charge in [-0.3, -0.25) is 9.67 Å². The second kappa shape index (κ2) is 11.2. The van der Waals surface area contributed by atoms with Gasteiger partial charge in [-0.2, -0.15) is 5.10 Å². The molecule has 10 heteroatoms. The van der Waals surface area contributed by atoms with Gasteiger partial charge in [0.05, 0.1) is 11.6 Å². The fourth-order valence-corrected chi connectivity index (χ4v) is 3.33. The molecule has 0 amide bonds. The summed E-state index contributed by atoms with van der Waals surface area (Å²) in [5.41, 5.74) is 2.06. The Bertz CT molecular complexity index is 941. The summed E-state index contributed by atoms with van der Waals surface area (Å²) in [4.78, 5) is 16.3. The number of thioether (sulfide) groups is 1. The number of benzene rings is 1. The van der Waals surface area contributed by atoms with Crippen LogP contribution < -0.4 is 10.6 Å². The lowest BCUT2D eigenvalue weighted by molar-refractivity contribution is 0.478. The Morgan fingerprint density at radius 1 is 1.21 bits per heavy atom. The Hall–Kier alpha value is -2.08. The molecule has 0 aliphatic heterocycles. The van der Waals surface area contributed by atoms with Crippen LogP contribution in [0, 0.1) is 0 Å². The molecule has 2 heterocycles. The fraction of sp³-hybridized carbons (Fsp3) is 0.368. The molecule has 0 saturated heterocycles. The van der Waals surface area contributed by atoms with Crippen LogP contribution in [0.15, 0.2) is 46.7 Å². The SMILES string of the molecule is CN=C(NCCNc1ncnc2c1cnn2C)N(C)Cc1ccc(SC)cc1.I. The molecule has 0 unspecified atom stereocenters. The molecule has 0 saturated carbocycles. The van der Waals surface area contributed by atoms with E-state index in [1.807, 2.05) is 14.1 Å². The predicted octanol–water partition coefficient (Wildman–Crippen LogP) is 2.82. The lowest BCUT2D eigenvalue weighted by Crippen LogP contribution is -2.40. The number of anilines is 1. The summed E-state index contributed by atoms with van der Waals surface area (Å²) < 4.78 is 1.74. The third kappa shape index (κ3) is 5.95. The van der Waals surface area contributed by atoms with Crippen LogP contribution in [0.1, 0.15) is 5.56 Å². The van der Waals surface area contributed by atoms with Crippen molar-refractivity contribution in [3.8, 4) is 0 Å². The lowest BCUT2D eigenvalue weighted by Gasteiger charge is -2.22. The van der Waals surface area contributed by atoms with Crippen molar-refractivity contribution in [3.63, 3.8) is 0 Å². The highest BCUT2D eigenvalue weighted by molar-refractivity contribution is 14.0. The minimum absolute atomic E-state index is 0. The molecule has 0 bridgehead atoms. The summed E-state index contributed by atoms with van der Waals surface area (Å²) in [7, 11) is 5.71. The normalized spacial score (nSPS) is 11.2. The Morgan fingerprint density at radius 3 is 2.66 bits per heavy atom. The van der Waals surface area contributed by atoms with E-state index in [2.05, 4.69) is 66.1 Å². The van der Waals surface area contributed by atoms with Crippen LogP contribution in [-0.2, 0) is 13.6 Å². The minimum atomic E-state index is 0. The Labute approximate surface area is 192 Å². The van der Waals surface area contributed by atoms with E-state index >= 15 is 0 Å². The minimum Gasteiger partial charge on any atom is -0.368 e. The Morgan fingerprint density at radius 2 is 1.97 bits per heavy atom. The van der Waals surface area contributed by atoms with Gasteiger partial charge in [0.15, 0.2) is 11.6 Å². The highest BCUT2D eigenvalue weighted by atomic mass is 127. The first kappa shape index (κ1) is 23.2. The zero-order valence-corrected chi connectivity index (χ0v) is 20.2. The summed E-state index contributed by atoms with van der Waals surface area (Å²) >= 11 is 1.75. The molecular weight excluding hydrogens is 499 g/mol. The highest BCUT2D eigenvalue weighted by Gasteiger charge is 2.08. The maximum atomic E-state index is 4.38. The number of nitrogens with one attached hydrogen (secondary N) is 2. The molecular formula is C19H27IN8S. The third-order valence-corrected chi connectivity index (χ3v) is 5.13. The van der Waals surface area contributed by atoms with E-state index in [0.717, 1.165) is 29.4 Å². The topological polar surface area (TPSA) is 83.3 Å². The molecule has 1 aromatic carbocycles. The highest BCUT2D eigenvalue weighted by Crippen LogP contribution is 2.17. The van der Waals surface area contributed by atoms with Crippen molar-refractivity contribution in [2.75, 3.05) is 38.8 Å². The maximum Gasteiger partial charge on any atom is 0.193 e. The molecule has 0 atom stereocenters. The number of guanidine groups is 1. The van der Waals surface area contributed by atoms with E-state index in [1.54, 1.807) is 36.0 Å². The van der Waals surface area contributed by atoms with Gasteiger partial charge in [-0.05, 0) is 24.0 Å². The first-order valence-corrected chi connectivity index (χ1v) is 10.3. The molecule has 0 radical (unpaired) electrons. The van der Waals surface area contributed by atoms with Crippen LogP contribution in [0.3, 0.4) is 0 Å². The number of nitrogens with zero attached hydrogens (tertiary/aromatic N) is 6. The van der Waals surface area contributed by atoms with Crippen molar-refractivity contribution in [1.82, 2.24) is 30.0 Å². The van der Waals surface area contributed by atoms with Gasteiger partial charge in [-0.1, -0.05) is 12.1 Å². The average molecular weight is 526 g/mol. The predicted molar refractivity (Wildman–Crippen MR) is 131 cm³/mol. The van der Waals surface area contributed by atoms with Crippen molar-refractivity contribution in [3.05, 3.63) is 42.4 Å². The summed E-state index contributed by atoms with van der Waals surface area (Å²) in [6, 6.07) is 8.61. The van der Waals surface area contributed by atoms with E-state index in [-0.39, 0.29) is 24.0 Å². The number of rotatable bonds is 7. The fourth-order valence-electron chi connectivity index (χ4n) is 2.92. The Kier molecular flexibility index (Phi) is 8.96. The van der Waals surface area contributed by atoms with Gasteiger partial charge in [0.2, 0.25) is 0 Å².